The quantitative estimate of drug-likeness (QED) is 0.591. The van der Waals surface area contributed by atoms with E-state index in [1.807, 2.05) is 0 Å². The molecule has 0 amide bonds. The maximum atomic E-state index is 13.1. The normalized spacial score (nSPS) is 13.2. The van der Waals surface area contributed by atoms with Gasteiger partial charge in [0.2, 0.25) is 0 Å². The molecule has 0 aliphatic rings. The van der Waals surface area contributed by atoms with Crippen LogP contribution in [0.25, 0.3) is 16.6 Å². The standard InChI is InChI=1S/C18H10F6N2O/c19-17(20,21)9-14(11-5-2-1-3-6-11)26-10-25-15-12(16(26)27)7-4-8-13(15)18(22,23)24/h1-10H/b14-9-. The minimum absolute atomic E-state index is 0.0602. The summed E-state index contributed by atoms with van der Waals surface area (Å²) >= 11 is 0. The average molecular weight is 384 g/mol. The molecule has 27 heavy (non-hydrogen) atoms. The van der Waals surface area contributed by atoms with E-state index in [9.17, 15) is 31.1 Å². The Morgan fingerprint density at radius 3 is 2.19 bits per heavy atom. The van der Waals surface area contributed by atoms with Crippen molar-refractivity contribution in [1.82, 2.24) is 9.55 Å². The fourth-order valence-electron chi connectivity index (χ4n) is 2.61. The highest BCUT2D eigenvalue weighted by molar-refractivity contribution is 5.82. The molecule has 0 spiro atoms. The first-order chi connectivity index (χ1) is 12.6. The molecule has 9 heteroatoms. The van der Waals surface area contributed by atoms with Crippen LogP contribution in [0.4, 0.5) is 26.3 Å². The van der Waals surface area contributed by atoms with Crippen molar-refractivity contribution in [3.05, 3.63) is 82.4 Å². The lowest BCUT2D eigenvalue weighted by molar-refractivity contribution is -0.136. The monoisotopic (exact) mass is 384 g/mol. The third-order valence-corrected chi connectivity index (χ3v) is 3.72. The maximum Gasteiger partial charge on any atom is 0.418 e. The molecule has 0 N–H and O–H groups in total. The van der Waals surface area contributed by atoms with Gasteiger partial charge < -0.3 is 0 Å². The summed E-state index contributed by atoms with van der Waals surface area (Å²) in [6, 6.07) is 10.1. The van der Waals surface area contributed by atoms with Crippen molar-refractivity contribution < 1.29 is 26.3 Å². The lowest BCUT2D eigenvalue weighted by atomic mass is 10.1. The number of aromatic nitrogens is 2. The SMILES string of the molecule is O=c1c2cccc(C(F)(F)F)c2ncn1/C(=C\C(F)(F)F)c1ccccc1. The first-order valence-electron chi connectivity index (χ1n) is 7.51. The zero-order valence-electron chi connectivity index (χ0n) is 13.3. The molecule has 0 radical (unpaired) electrons. The minimum atomic E-state index is -4.76. The molecule has 0 bridgehead atoms. The van der Waals surface area contributed by atoms with Gasteiger partial charge in [-0.3, -0.25) is 9.36 Å². The van der Waals surface area contributed by atoms with Gasteiger partial charge in [-0.05, 0) is 17.7 Å². The van der Waals surface area contributed by atoms with Crippen LogP contribution in [0, 0.1) is 0 Å². The van der Waals surface area contributed by atoms with Crippen molar-refractivity contribution in [3.8, 4) is 0 Å². The summed E-state index contributed by atoms with van der Waals surface area (Å²) in [5.74, 6) is 0. The zero-order valence-corrected chi connectivity index (χ0v) is 13.3. The Morgan fingerprint density at radius 1 is 0.926 bits per heavy atom. The Morgan fingerprint density at radius 2 is 1.59 bits per heavy atom. The van der Waals surface area contributed by atoms with Crippen LogP contribution < -0.4 is 5.56 Å². The van der Waals surface area contributed by atoms with Crippen molar-refractivity contribution in [2.75, 3.05) is 0 Å². The second kappa shape index (κ2) is 6.57. The summed E-state index contributed by atoms with van der Waals surface area (Å²) in [6.07, 6.45) is -8.93. The molecular formula is C18H10F6N2O. The lowest BCUT2D eigenvalue weighted by Crippen LogP contribution is -2.23. The number of hydrogen-bond acceptors (Lipinski definition) is 2. The van der Waals surface area contributed by atoms with Gasteiger partial charge in [-0.1, -0.05) is 36.4 Å². The molecule has 0 aliphatic heterocycles. The molecule has 0 saturated heterocycles. The van der Waals surface area contributed by atoms with Gasteiger partial charge in [0.15, 0.2) is 0 Å². The molecule has 0 aliphatic carbocycles. The first-order valence-corrected chi connectivity index (χ1v) is 7.51. The van der Waals surface area contributed by atoms with Crippen LogP contribution in [-0.4, -0.2) is 15.7 Å². The number of rotatable bonds is 2. The Kier molecular flexibility index (Phi) is 4.54. The molecule has 140 valence electrons. The van der Waals surface area contributed by atoms with E-state index in [-0.39, 0.29) is 11.6 Å². The van der Waals surface area contributed by atoms with Crippen LogP contribution in [0.15, 0.2) is 65.7 Å². The minimum Gasteiger partial charge on any atom is -0.268 e. The molecule has 3 nitrogen and oxygen atoms in total. The fraction of sp³-hybridized carbons (Fsp3) is 0.111. The van der Waals surface area contributed by atoms with E-state index in [1.165, 1.54) is 24.3 Å². The third-order valence-electron chi connectivity index (χ3n) is 3.72. The van der Waals surface area contributed by atoms with Crippen LogP contribution in [0.5, 0.6) is 0 Å². The molecule has 0 unspecified atom stereocenters. The summed E-state index contributed by atoms with van der Waals surface area (Å²) < 4.78 is 78.8. The van der Waals surface area contributed by atoms with E-state index in [1.54, 1.807) is 6.07 Å². The van der Waals surface area contributed by atoms with E-state index in [4.69, 9.17) is 0 Å². The van der Waals surface area contributed by atoms with E-state index in [2.05, 4.69) is 4.98 Å². The van der Waals surface area contributed by atoms with Crippen molar-refractivity contribution in [3.63, 3.8) is 0 Å². The Bertz CT molecular complexity index is 1070. The van der Waals surface area contributed by atoms with Gasteiger partial charge in [0.1, 0.15) is 6.33 Å². The molecule has 0 saturated carbocycles. The number of hydrogen-bond donors (Lipinski definition) is 0. The summed E-state index contributed by atoms with van der Waals surface area (Å²) in [6.45, 7) is 0. The van der Waals surface area contributed by atoms with Gasteiger partial charge in [0.25, 0.3) is 5.56 Å². The summed E-state index contributed by atoms with van der Waals surface area (Å²) in [7, 11) is 0. The predicted octanol–water partition coefficient (Wildman–Crippen LogP) is 4.87. The number of halogens is 6. The molecule has 1 heterocycles. The van der Waals surface area contributed by atoms with Crippen LogP contribution >= 0.6 is 0 Å². The number of fused-ring (bicyclic) bond motifs is 1. The number of allylic oxidation sites excluding steroid dienone is 1. The molecule has 0 atom stereocenters. The smallest absolute Gasteiger partial charge is 0.268 e. The van der Waals surface area contributed by atoms with Gasteiger partial charge in [0.05, 0.1) is 22.2 Å². The maximum absolute atomic E-state index is 13.1. The largest absolute Gasteiger partial charge is 0.418 e. The molecular weight excluding hydrogens is 374 g/mol. The first kappa shape index (κ1) is 18.7. The molecule has 1 aromatic heterocycles. The number of nitrogens with zero attached hydrogens (tertiary/aromatic N) is 2. The van der Waals surface area contributed by atoms with E-state index in [0.29, 0.717) is 10.9 Å². The van der Waals surface area contributed by atoms with Gasteiger partial charge in [-0.25, -0.2) is 4.98 Å². The summed E-state index contributed by atoms with van der Waals surface area (Å²) in [5.41, 5.74) is -3.27. The molecule has 0 fully saturated rings. The number of para-hydroxylation sites is 1. The number of benzene rings is 2. The third kappa shape index (κ3) is 3.86. The Balaban J connectivity index is 2.31. The van der Waals surface area contributed by atoms with E-state index in [0.717, 1.165) is 18.2 Å². The van der Waals surface area contributed by atoms with Crippen molar-refractivity contribution in [1.29, 1.82) is 0 Å². The van der Waals surface area contributed by atoms with Crippen LogP contribution in [0.3, 0.4) is 0 Å². The average Bonchev–Trinajstić information content (AvgIpc) is 2.59. The zero-order chi connectivity index (χ0) is 19.8. The molecule has 3 aromatic rings. The Hall–Kier alpha value is -3.10. The van der Waals surface area contributed by atoms with Gasteiger partial charge in [0, 0.05) is 6.08 Å². The predicted molar refractivity (Wildman–Crippen MR) is 86.9 cm³/mol. The topological polar surface area (TPSA) is 34.9 Å². The van der Waals surface area contributed by atoms with Gasteiger partial charge in [-0.2, -0.15) is 26.3 Å². The number of alkyl halides is 6. The van der Waals surface area contributed by atoms with Crippen LogP contribution in [0.1, 0.15) is 11.1 Å². The van der Waals surface area contributed by atoms with Crippen molar-refractivity contribution >= 4 is 16.6 Å². The molecule has 2 aromatic carbocycles. The highest BCUT2D eigenvalue weighted by Crippen LogP contribution is 2.33. The fourth-order valence-corrected chi connectivity index (χ4v) is 2.61. The van der Waals surface area contributed by atoms with Crippen molar-refractivity contribution in [2.45, 2.75) is 12.4 Å². The van der Waals surface area contributed by atoms with Crippen LogP contribution in [-0.2, 0) is 6.18 Å². The van der Waals surface area contributed by atoms with Crippen molar-refractivity contribution in [2.24, 2.45) is 0 Å². The second-order valence-corrected chi connectivity index (χ2v) is 5.56. The van der Waals surface area contributed by atoms with E-state index >= 15 is 0 Å². The highest BCUT2D eigenvalue weighted by atomic mass is 19.4. The molecule has 3 rings (SSSR count). The summed E-state index contributed by atoms with van der Waals surface area (Å²) in [4.78, 5) is 16.3. The second-order valence-electron chi connectivity index (χ2n) is 5.56. The lowest BCUT2D eigenvalue weighted by Gasteiger charge is -2.14. The summed E-state index contributed by atoms with van der Waals surface area (Å²) in [5, 5.41) is -0.434. The van der Waals surface area contributed by atoms with Gasteiger partial charge in [-0.15, -0.1) is 0 Å². The van der Waals surface area contributed by atoms with Crippen LogP contribution in [0.2, 0.25) is 0 Å². The van der Waals surface area contributed by atoms with Gasteiger partial charge >= 0.3 is 12.4 Å². The van der Waals surface area contributed by atoms with E-state index < -0.39 is 40.1 Å². The highest BCUT2D eigenvalue weighted by Gasteiger charge is 2.34. The Labute approximate surface area is 148 Å².